The van der Waals surface area contributed by atoms with Crippen LogP contribution in [0, 0.1) is 0 Å². The van der Waals surface area contributed by atoms with Crippen molar-refractivity contribution in [1.82, 2.24) is 0 Å². The number of rotatable bonds is 2. The molecule has 0 aliphatic carbocycles. The summed E-state index contributed by atoms with van der Waals surface area (Å²) in [7, 11) is 1.49. The number of ether oxygens (including phenoxy) is 1. The first kappa shape index (κ1) is 14.2. The smallest absolute Gasteiger partial charge is 0.200 e. The van der Waals surface area contributed by atoms with E-state index in [1.54, 1.807) is 18.2 Å². The molecule has 0 radical (unpaired) electrons. The summed E-state index contributed by atoms with van der Waals surface area (Å²) in [5.41, 5.74) is 1.52. The van der Waals surface area contributed by atoms with Gasteiger partial charge >= 0.3 is 0 Å². The molecular weight excluding hydrogens is 352 g/mol. The van der Waals surface area contributed by atoms with Crippen molar-refractivity contribution in [3.05, 3.63) is 56.9 Å². The predicted octanol–water partition coefficient (Wildman–Crippen LogP) is 4.49. The average Bonchev–Trinajstić information content (AvgIpc) is 2.79. The van der Waals surface area contributed by atoms with Crippen LogP contribution in [0.15, 0.2) is 50.7 Å². The first-order valence-electron chi connectivity index (χ1n) is 6.20. The number of phenolic OH excluding ortho intramolecular Hbond substituents is 1. The number of phenols is 1. The molecule has 0 saturated carbocycles. The summed E-state index contributed by atoms with van der Waals surface area (Å²) in [5, 5.41) is 9.72. The fraction of sp³-hybridized carbons (Fsp3) is 0.0625. The Hall–Kier alpha value is -1.72. The second-order valence-electron chi connectivity index (χ2n) is 4.48. The van der Waals surface area contributed by atoms with E-state index < -0.39 is 0 Å². The van der Waals surface area contributed by atoms with Gasteiger partial charge in [-0.15, -0.1) is 0 Å². The maximum atomic E-state index is 12.3. The van der Waals surface area contributed by atoms with Crippen molar-refractivity contribution in [3.8, 4) is 11.5 Å². The van der Waals surface area contributed by atoms with E-state index >= 15 is 0 Å². The lowest BCUT2D eigenvalue weighted by Crippen LogP contribution is -1.94. The molecule has 0 aromatic heterocycles. The molecule has 5 heteroatoms. The topological polar surface area (TPSA) is 46.5 Å². The van der Waals surface area contributed by atoms with E-state index in [9.17, 15) is 9.90 Å². The molecule has 1 N–H and O–H groups in total. The van der Waals surface area contributed by atoms with Gasteiger partial charge in [0.05, 0.1) is 12.0 Å². The van der Waals surface area contributed by atoms with Crippen molar-refractivity contribution in [1.29, 1.82) is 0 Å². The number of hydrogen-bond donors (Lipinski definition) is 1. The molecule has 0 unspecified atom stereocenters. The third-order valence-corrected chi connectivity index (χ3v) is 4.95. The monoisotopic (exact) mass is 362 g/mol. The van der Waals surface area contributed by atoms with Crippen LogP contribution in [0.5, 0.6) is 11.5 Å². The Morgan fingerprint density at radius 3 is 2.76 bits per heavy atom. The van der Waals surface area contributed by atoms with Crippen LogP contribution in [-0.2, 0) is 0 Å². The van der Waals surface area contributed by atoms with Gasteiger partial charge in [-0.1, -0.05) is 39.8 Å². The summed E-state index contributed by atoms with van der Waals surface area (Å²) in [5.74, 6) is 0.452. The van der Waals surface area contributed by atoms with Crippen molar-refractivity contribution in [3.63, 3.8) is 0 Å². The van der Waals surface area contributed by atoms with Crippen LogP contribution in [0.1, 0.15) is 15.9 Å². The lowest BCUT2D eigenvalue weighted by molar-refractivity contribution is 0.104. The minimum atomic E-state index is 0.0227. The van der Waals surface area contributed by atoms with E-state index in [2.05, 4.69) is 15.9 Å². The van der Waals surface area contributed by atoms with E-state index in [1.165, 1.54) is 18.9 Å². The Labute approximate surface area is 134 Å². The number of aromatic hydroxyl groups is 1. The summed E-state index contributed by atoms with van der Waals surface area (Å²) in [6, 6.07) is 10.8. The van der Waals surface area contributed by atoms with Crippen LogP contribution in [0.25, 0.3) is 6.08 Å². The molecule has 2 aromatic carbocycles. The Morgan fingerprint density at radius 1 is 1.29 bits per heavy atom. The summed E-state index contributed by atoms with van der Waals surface area (Å²) >= 11 is 4.85. The van der Waals surface area contributed by atoms with Gasteiger partial charge in [0.2, 0.25) is 5.78 Å². The van der Waals surface area contributed by atoms with Gasteiger partial charge < -0.3 is 9.84 Å². The van der Waals surface area contributed by atoms with Crippen molar-refractivity contribution in [2.45, 2.75) is 4.90 Å². The number of halogens is 1. The molecule has 0 bridgehead atoms. The SMILES string of the molecule is COc1cc(/C=C2\Sc3ccccc3C2=O)c(Br)cc1O. The number of allylic oxidation sites excluding steroid dienone is 1. The van der Waals surface area contributed by atoms with E-state index in [0.29, 0.717) is 15.1 Å². The maximum absolute atomic E-state index is 12.3. The summed E-state index contributed by atoms with van der Waals surface area (Å²) in [4.78, 5) is 14.0. The minimum Gasteiger partial charge on any atom is -0.504 e. The van der Waals surface area contributed by atoms with Crippen LogP contribution in [-0.4, -0.2) is 18.0 Å². The lowest BCUT2D eigenvalue weighted by atomic mass is 10.1. The highest BCUT2D eigenvalue weighted by Gasteiger charge is 2.25. The quantitative estimate of drug-likeness (QED) is 0.799. The molecular formula is C16H11BrO3S. The van der Waals surface area contributed by atoms with Gasteiger partial charge in [0, 0.05) is 14.9 Å². The van der Waals surface area contributed by atoms with Gasteiger partial charge in [0.25, 0.3) is 0 Å². The normalized spacial score (nSPS) is 15.3. The molecule has 1 aliphatic heterocycles. The number of fused-ring (bicyclic) bond motifs is 1. The number of benzene rings is 2. The molecule has 2 aromatic rings. The molecule has 0 saturated heterocycles. The van der Waals surface area contributed by atoms with Crippen LogP contribution >= 0.6 is 27.7 Å². The number of hydrogen-bond acceptors (Lipinski definition) is 4. The molecule has 3 rings (SSSR count). The van der Waals surface area contributed by atoms with Crippen LogP contribution < -0.4 is 4.74 Å². The van der Waals surface area contributed by atoms with Crippen molar-refractivity contribution in [2.75, 3.05) is 7.11 Å². The highest BCUT2D eigenvalue weighted by atomic mass is 79.9. The number of thioether (sulfide) groups is 1. The van der Waals surface area contributed by atoms with Crippen molar-refractivity contribution >= 4 is 39.6 Å². The first-order valence-corrected chi connectivity index (χ1v) is 7.81. The van der Waals surface area contributed by atoms with E-state index in [4.69, 9.17) is 4.74 Å². The average molecular weight is 363 g/mol. The zero-order valence-corrected chi connectivity index (χ0v) is 13.5. The molecule has 0 atom stereocenters. The van der Waals surface area contributed by atoms with Gasteiger partial charge in [0.1, 0.15) is 0 Å². The second kappa shape index (κ2) is 5.58. The van der Waals surface area contributed by atoms with E-state index in [-0.39, 0.29) is 11.5 Å². The molecule has 1 aliphatic rings. The van der Waals surface area contributed by atoms with Gasteiger partial charge in [-0.2, -0.15) is 0 Å². The number of Topliss-reactive ketones (excluding diaryl/α,β-unsaturated/α-hetero) is 1. The van der Waals surface area contributed by atoms with E-state index in [1.807, 2.05) is 24.3 Å². The number of carbonyl (C=O) groups excluding carboxylic acids is 1. The van der Waals surface area contributed by atoms with Gasteiger partial charge in [-0.3, -0.25) is 4.79 Å². The summed E-state index contributed by atoms with van der Waals surface area (Å²) < 4.78 is 5.81. The maximum Gasteiger partial charge on any atom is 0.200 e. The number of methoxy groups -OCH3 is 1. The van der Waals surface area contributed by atoms with E-state index in [0.717, 1.165) is 16.0 Å². The highest BCUT2D eigenvalue weighted by Crippen LogP contribution is 2.42. The molecule has 0 spiro atoms. The zero-order chi connectivity index (χ0) is 15.0. The van der Waals surface area contributed by atoms with Gasteiger partial charge in [0.15, 0.2) is 11.5 Å². The Balaban J connectivity index is 2.03. The molecule has 1 heterocycles. The lowest BCUT2D eigenvalue weighted by Gasteiger charge is -2.07. The highest BCUT2D eigenvalue weighted by molar-refractivity contribution is 9.10. The second-order valence-corrected chi connectivity index (χ2v) is 6.42. The first-order chi connectivity index (χ1) is 10.1. The van der Waals surface area contributed by atoms with Gasteiger partial charge in [-0.05, 0) is 35.9 Å². The van der Waals surface area contributed by atoms with Crippen LogP contribution in [0.2, 0.25) is 0 Å². The minimum absolute atomic E-state index is 0.0227. The predicted molar refractivity (Wildman–Crippen MR) is 87.0 cm³/mol. The third-order valence-electron chi connectivity index (χ3n) is 3.16. The molecule has 0 amide bonds. The zero-order valence-electron chi connectivity index (χ0n) is 11.1. The Kier molecular flexibility index (Phi) is 3.78. The van der Waals surface area contributed by atoms with Crippen molar-refractivity contribution < 1.29 is 14.6 Å². The summed E-state index contributed by atoms with van der Waals surface area (Å²) in [6.07, 6.45) is 1.80. The molecule has 106 valence electrons. The largest absolute Gasteiger partial charge is 0.504 e. The Bertz CT molecular complexity index is 768. The molecule has 0 fully saturated rings. The fourth-order valence-electron chi connectivity index (χ4n) is 2.11. The number of carbonyl (C=O) groups is 1. The van der Waals surface area contributed by atoms with Crippen LogP contribution in [0.3, 0.4) is 0 Å². The third kappa shape index (κ3) is 2.59. The summed E-state index contributed by atoms with van der Waals surface area (Å²) in [6.45, 7) is 0. The molecule has 3 nitrogen and oxygen atoms in total. The standard InChI is InChI=1S/C16H11BrO3S/c1-20-13-6-9(11(17)8-12(13)18)7-15-16(19)10-4-2-3-5-14(10)21-15/h2-8,18H,1H3/b15-7-. The number of ketones is 1. The fourth-order valence-corrected chi connectivity index (χ4v) is 3.60. The molecule has 21 heavy (non-hydrogen) atoms. The Morgan fingerprint density at radius 2 is 2.05 bits per heavy atom. The van der Waals surface area contributed by atoms with Crippen LogP contribution in [0.4, 0.5) is 0 Å². The van der Waals surface area contributed by atoms with Crippen molar-refractivity contribution in [2.24, 2.45) is 0 Å². The van der Waals surface area contributed by atoms with Gasteiger partial charge in [-0.25, -0.2) is 0 Å².